The Morgan fingerprint density at radius 2 is 2.33 bits per heavy atom. The quantitative estimate of drug-likeness (QED) is 0.692. The molecule has 1 aromatic rings. The number of hydrogen-bond acceptors (Lipinski definition) is 5. The lowest BCUT2D eigenvalue weighted by Crippen LogP contribution is -2.22. The molecule has 15 heavy (non-hydrogen) atoms. The van der Waals surface area contributed by atoms with Gasteiger partial charge in [0.2, 0.25) is 0 Å². The molecule has 82 valence electrons. The molecule has 0 aliphatic carbocycles. The molecule has 0 bridgehead atoms. The molecule has 0 amide bonds. The number of pyridine rings is 1. The van der Waals surface area contributed by atoms with Gasteiger partial charge in [0.05, 0.1) is 18.3 Å². The van der Waals surface area contributed by atoms with E-state index in [2.05, 4.69) is 4.98 Å². The smallest absolute Gasteiger partial charge is 0.356 e. The zero-order valence-electron chi connectivity index (χ0n) is 8.64. The van der Waals surface area contributed by atoms with E-state index in [4.69, 9.17) is 16.2 Å². The summed E-state index contributed by atoms with van der Waals surface area (Å²) in [7, 11) is 0. The van der Waals surface area contributed by atoms with Crippen LogP contribution in [0.2, 0.25) is 0 Å². The summed E-state index contributed by atoms with van der Waals surface area (Å²) in [5.41, 5.74) is 12.0. The lowest BCUT2D eigenvalue weighted by molar-refractivity contribution is 0.0519. The van der Waals surface area contributed by atoms with Crippen molar-refractivity contribution in [3.63, 3.8) is 0 Å². The van der Waals surface area contributed by atoms with Crippen molar-refractivity contribution in [1.82, 2.24) is 4.98 Å². The van der Waals surface area contributed by atoms with E-state index in [-0.39, 0.29) is 11.7 Å². The average Bonchev–Trinajstić information content (AvgIpc) is 2.28. The third kappa shape index (κ3) is 3.00. The van der Waals surface area contributed by atoms with Crippen molar-refractivity contribution in [2.45, 2.75) is 13.0 Å². The molecule has 5 nitrogen and oxygen atoms in total. The van der Waals surface area contributed by atoms with Crippen molar-refractivity contribution >= 4 is 5.97 Å². The average molecular weight is 209 g/mol. The van der Waals surface area contributed by atoms with Crippen LogP contribution >= 0.6 is 0 Å². The standard InChI is InChI=1S/C10H15N3O2/c1-2-15-10(14)9-5-3-4-8(13-9)7(12)6-11/h3-5,7H,2,6,11-12H2,1H3. The van der Waals surface area contributed by atoms with Crippen LogP contribution < -0.4 is 11.5 Å². The summed E-state index contributed by atoms with van der Waals surface area (Å²) in [5.74, 6) is -0.441. The summed E-state index contributed by atoms with van der Waals surface area (Å²) < 4.78 is 4.82. The molecule has 1 heterocycles. The summed E-state index contributed by atoms with van der Waals surface area (Å²) in [6, 6.07) is 4.69. The van der Waals surface area contributed by atoms with E-state index < -0.39 is 5.97 Å². The molecule has 0 saturated carbocycles. The van der Waals surface area contributed by atoms with E-state index in [1.807, 2.05) is 0 Å². The van der Waals surface area contributed by atoms with Gasteiger partial charge in [-0.2, -0.15) is 0 Å². The lowest BCUT2D eigenvalue weighted by Gasteiger charge is -2.08. The normalized spacial score (nSPS) is 12.2. The molecule has 0 fully saturated rings. The second-order valence-corrected chi connectivity index (χ2v) is 3.01. The Kier molecular flexibility index (Phi) is 4.20. The first-order valence-corrected chi connectivity index (χ1v) is 4.78. The van der Waals surface area contributed by atoms with Gasteiger partial charge in [-0.25, -0.2) is 9.78 Å². The molecule has 0 spiro atoms. The Morgan fingerprint density at radius 3 is 2.93 bits per heavy atom. The van der Waals surface area contributed by atoms with Crippen LogP contribution in [0.1, 0.15) is 29.1 Å². The topological polar surface area (TPSA) is 91.2 Å². The first-order chi connectivity index (χ1) is 7.19. The van der Waals surface area contributed by atoms with Crippen molar-refractivity contribution < 1.29 is 9.53 Å². The summed E-state index contributed by atoms with van der Waals surface area (Å²) in [5, 5.41) is 0. The maximum absolute atomic E-state index is 11.4. The minimum absolute atomic E-state index is 0.262. The number of nitrogens with zero attached hydrogens (tertiary/aromatic N) is 1. The molecular formula is C10H15N3O2. The Bertz CT molecular complexity index is 341. The van der Waals surface area contributed by atoms with Crippen molar-refractivity contribution in [1.29, 1.82) is 0 Å². The van der Waals surface area contributed by atoms with Crippen molar-refractivity contribution in [3.8, 4) is 0 Å². The molecule has 1 rings (SSSR count). The largest absolute Gasteiger partial charge is 0.461 e. The van der Waals surface area contributed by atoms with Crippen LogP contribution in [0.5, 0.6) is 0 Å². The zero-order valence-corrected chi connectivity index (χ0v) is 8.64. The molecule has 5 heteroatoms. The van der Waals surface area contributed by atoms with E-state index in [1.165, 1.54) is 0 Å². The summed E-state index contributed by atoms with van der Waals surface area (Å²) in [6.07, 6.45) is 0. The molecule has 0 aromatic carbocycles. The minimum atomic E-state index is -0.441. The van der Waals surface area contributed by atoms with Gasteiger partial charge in [0.25, 0.3) is 0 Å². The summed E-state index contributed by atoms with van der Waals surface area (Å²) in [6.45, 7) is 2.36. The van der Waals surface area contributed by atoms with E-state index in [0.717, 1.165) is 0 Å². The highest BCUT2D eigenvalue weighted by molar-refractivity contribution is 5.87. The van der Waals surface area contributed by atoms with Gasteiger partial charge in [0.1, 0.15) is 5.69 Å². The highest BCUT2D eigenvalue weighted by atomic mass is 16.5. The summed E-state index contributed by atoms with van der Waals surface area (Å²) in [4.78, 5) is 15.4. The minimum Gasteiger partial charge on any atom is -0.461 e. The third-order valence-corrected chi connectivity index (χ3v) is 1.89. The molecule has 0 saturated heterocycles. The van der Waals surface area contributed by atoms with Gasteiger partial charge < -0.3 is 16.2 Å². The van der Waals surface area contributed by atoms with Crippen LogP contribution in [0.4, 0.5) is 0 Å². The zero-order chi connectivity index (χ0) is 11.3. The van der Waals surface area contributed by atoms with Crippen molar-refractivity contribution in [2.75, 3.05) is 13.2 Å². The number of carbonyl (C=O) groups excluding carboxylic acids is 1. The maximum Gasteiger partial charge on any atom is 0.356 e. The molecular weight excluding hydrogens is 194 g/mol. The highest BCUT2D eigenvalue weighted by Gasteiger charge is 2.11. The Labute approximate surface area is 88.4 Å². The molecule has 1 unspecified atom stereocenters. The first-order valence-electron chi connectivity index (χ1n) is 4.78. The Hall–Kier alpha value is -1.46. The van der Waals surface area contributed by atoms with Crippen molar-refractivity contribution in [3.05, 3.63) is 29.6 Å². The molecule has 1 atom stereocenters. The lowest BCUT2D eigenvalue weighted by atomic mass is 10.2. The van der Waals surface area contributed by atoms with Gasteiger partial charge >= 0.3 is 5.97 Å². The predicted octanol–water partition coefficient (Wildman–Crippen LogP) is 0.217. The fraction of sp³-hybridized carbons (Fsp3) is 0.400. The second kappa shape index (κ2) is 5.43. The van der Waals surface area contributed by atoms with Crippen LogP contribution in [0.15, 0.2) is 18.2 Å². The third-order valence-electron chi connectivity index (χ3n) is 1.89. The molecule has 0 aliphatic rings. The Morgan fingerprint density at radius 1 is 1.60 bits per heavy atom. The van der Waals surface area contributed by atoms with Gasteiger partial charge in [-0.3, -0.25) is 0 Å². The number of rotatable bonds is 4. The molecule has 0 aliphatic heterocycles. The van der Waals surface area contributed by atoms with E-state index in [0.29, 0.717) is 18.8 Å². The number of hydrogen-bond donors (Lipinski definition) is 2. The van der Waals surface area contributed by atoms with Crippen molar-refractivity contribution in [2.24, 2.45) is 11.5 Å². The van der Waals surface area contributed by atoms with Gasteiger partial charge in [-0.15, -0.1) is 0 Å². The van der Waals surface area contributed by atoms with E-state index >= 15 is 0 Å². The van der Waals surface area contributed by atoms with E-state index in [1.54, 1.807) is 25.1 Å². The van der Waals surface area contributed by atoms with E-state index in [9.17, 15) is 4.79 Å². The summed E-state index contributed by atoms with van der Waals surface area (Å²) >= 11 is 0. The first kappa shape index (κ1) is 11.6. The Balaban J connectivity index is 2.87. The maximum atomic E-state index is 11.4. The number of ether oxygens (including phenoxy) is 1. The van der Waals surface area contributed by atoms with Gasteiger partial charge in [0, 0.05) is 6.54 Å². The van der Waals surface area contributed by atoms with Crippen LogP contribution in [0.25, 0.3) is 0 Å². The number of nitrogens with two attached hydrogens (primary N) is 2. The number of esters is 1. The number of carbonyl (C=O) groups is 1. The van der Waals surface area contributed by atoms with Gasteiger partial charge in [-0.1, -0.05) is 6.07 Å². The van der Waals surface area contributed by atoms with Crippen LogP contribution in [0.3, 0.4) is 0 Å². The van der Waals surface area contributed by atoms with Gasteiger partial charge in [0.15, 0.2) is 0 Å². The fourth-order valence-corrected chi connectivity index (χ4v) is 1.10. The highest BCUT2D eigenvalue weighted by Crippen LogP contribution is 2.07. The predicted molar refractivity (Wildman–Crippen MR) is 56.2 cm³/mol. The monoisotopic (exact) mass is 209 g/mol. The number of aromatic nitrogens is 1. The van der Waals surface area contributed by atoms with Crippen LogP contribution in [-0.4, -0.2) is 24.1 Å². The molecule has 0 radical (unpaired) electrons. The molecule has 4 N–H and O–H groups in total. The van der Waals surface area contributed by atoms with Gasteiger partial charge in [-0.05, 0) is 19.1 Å². The van der Waals surface area contributed by atoms with Crippen LogP contribution in [0, 0.1) is 0 Å². The second-order valence-electron chi connectivity index (χ2n) is 3.01. The molecule has 1 aromatic heterocycles. The van der Waals surface area contributed by atoms with Crippen LogP contribution in [-0.2, 0) is 4.74 Å². The fourth-order valence-electron chi connectivity index (χ4n) is 1.10. The SMILES string of the molecule is CCOC(=O)c1cccc(C(N)CN)n1.